The van der Waals surface area contributed by atoms with Crippen LogP contribution in [0, 0.1) is 11.6 Å². The Balaban J connectivity index is 2.02. The molecule has 1 amide bonds. The van der Waals surface area contributed by atoms with Gasteiger partial charge in [-0.25, -0.2) is 13.6 Å². The Hall–Kier alpha value is -2.47. The minimum atomic E-state index is -1.18. The summed E-state index contributed by atoms with van der Waals surface area (Å²) in [5, 5.41) is 11.6. The summed E-state index contributed by atoms with van der Waals surface area (Å²) in [6.45, 7) is 0. The first-order valence-corrected chi connectivity index (χ1v) is 7.01. The molecule has 2 rings (SSSR count). The van der Waals surface area contributed by atoms with Gasteiger partial charge in [0.05, 0.1) is 5.56 Å². The van der Waals surface area contributed by atoms with Crippen molar-refractivity contribution in [1.29, 1.82) is 0 Å². The van der Waals surface area contributed by atoms with E-state index in [2.05, 4.69) is 5.32 Å². The second-order valence-electron chi connectivity index (χ2n) is 4.79. The van der Waals surface area contributed by atoms with Crippen molar-refractivity contribution < 1.29 is 23.5 Å². The van der Waals surface area contributed by atoms with Crippen LogP contribution in [0.1, 0.15) is 22.3 Å². The zero-order valence-corrected chi connectivity index (χ0v) is 12.5. The van der Waals surface area contributed by atoms with Gasteiger partial charge in [-0.3, -0.25) is 4.79 Å². The van der Waals surface area contributed by atoms with Gasteiger partial charge >= 0.3 is 5.97 Å². The highest BCUT2D eigenvalue weighted by molar-refractivity contribution is 6.31. The van der Waals surface area contributed by atoms with Gasteiger partial charge in [0.1, 0.15) is 0 Å². The molecule has 2 N–H and O–H groups in total. The molecule has 120 valence electrons. The van der Waals surface area contributed by atoms with Crippen molar-refractivity contribution in [3.8, 4) is 0 Å². The number of aromatic carboxylic acids is 1. The summed E-state index contributed by atoms with van der Waals surface area (Å²) in [4.78, 5) is 22.8. The molecule has 0 aliphatic carbocycles. The Morgan fingerprint density at radius 2 is 1.91 bits per heavy atom. The van der Waals surface area contributed by atoms with Gasteiger partial charge in [-0.2, -0.15) is 0 Å². The van der Waals surface area contributed by atoms with E-state index >= 15 is 0 Å². The summed E-state index contributed by atoms with van der Waals surface area (Å²) >= 11 is 5.78. The van der Waals surface area contributed by atoms with Gasteiger partial charge < -0.3 is 10.4 Å². The van der Waals surface area contributed by atoms with Gasteiger partial charge in [0.15, 0.2) is 11.6 Å². The number of carbonyl (C=O) groups is 2. The van der Waals surface area contributed by atoms with E-state index in [0.29, 0.717) is 0 Å². The van der Waals surface area contributed by atoms with E-state index in [9.17, 15) is 18.4 Å². The van der Waals surface area contributed by atoms with E-state index in [4.69, 9.17) is 16.7 Å². The molecule has 0 aliphatic rings. The molecular formula is C16H12ClF2NO3. The van der Waals surface area contributed by atoms with Crippen LogP contribution in [0.5, 0.6) is 0 Å². The molecule has 7 heteroatoms. The third kappa shape index (κ3) is 4.50. The Labute approximate surface area is 135 Å². The summed E-state index contributed by atoms with van der Waals surface area (Å²) in [5.41, 5.74) is 0.251. The molecule has 0 atom stereocenters. The number of carboxylic acid groups (broad SMARTS) is 1. The second kappa shape index (κ2) is 7.19. The van der Waals surface area contributed by atoms with Crippen LogP contribution in [0.2, 0.25) is 5.02 Å². The van der Waals surface area contributed by atoms with Crippen molar-refractivity contribution in [2.75, 3.05) is 5.32 Å². The Kier molecular flexibility index (Phi) is 5.28. The minimum Gasteiger partial charge on any atom is -0.478 e. The number of anilines is 1. The van der Waals surface area contributed by atoms with Crippen molar-refractivity contribution in [1.82, 2.24) is 0 Å². The molecule has 2 aromatic rings. The number of carboxylic acids is 1. The van der Waals surface area contributed by atoms with Gasteiger partial charge in [0.2, 0.25) is 5.91 Å². The minimum absolute atomic E-state index is 0.0157. The van der Waals surface area contributed by atoms with Gasteiger partial charge in [0.25, 0.3) is 0 Å². The number of rotatable bonds is 5. The number of hydrogen-bond donors (Lipinski definition) is 2. The predicted molar refractivity (Wildman–Crippen MR) is 81.7 cm³/mol. The first kappa shape index (κ1) is 16.9. The summed E-state index contributed by atoms with van der Waals surface area (Å²) in [6.07, 6.45) is -0.0723. The third-order valence-corrected chi connectivity index (χ3v) is 3.30. The molecule has 0 fully saturated rings. The second-order valence-corrected chi connectivity index (χ2v) is 5.23. The lowest BCUT2D eigenvalue weighted by Crippen LogP contribution is -2.13. The van der Waals surface area contributed by atoms with E-state index in [0.717, 1.165) is 6.07 Å². The Morgan fingerprint density at radius 1 is 1.17 bits per heavy atom. The standard InChI is InChI=1S/C16H12ClF2NO3/c17-11-6-10(16(22)23)7-12(8-11)20-14(21)5-4-9-2-1-3-13(18)15(9)19/h1-3,6-8H,4-5H2,(H,20,21)(H,22,23). The van der Waals surface area contributed by atoms with Crippen molar-refractivity contribution >= 4 is 29.2 Å². The molecule has 0 saturated carbocycles. The fourth-order valence-corrected chi connectivity index (χ4v) is 2.23. The van der Waals surface area contributed by atoms with Crippen LogP contribution in [0.3, 0.4) is 0 Å². The first-order valence-electron chi connectivity index (χ1n) is 6.63. The number of carbonyl (C=O) groups excluding carboxylic acids is 1. The largest absolute Gasteiger partial charge is 0.478 e. The molecule has 23 heavy (non-hydrogen) atoms. The maximum absolute atomic E-state index is 13.5. The summed E-state index contributed by atoms with van der Waals surface area (Å²) in [7, 11) is 0. The molecule has 2 aromatic carbocycles. The molecule has 0 saturated heterocycles. The Morgan fingerprint density at radius 3 is 2.61 bits per heavy atom. The fraction of sp³-hybridized carbons (Fsp3) is 0.125. The van der Waals surface area contributed by atoms with E-state index in [1.54, 1.807) is 0 Å². The van der Waals surface area contributed by atoms with E-state index in [-0.39, 0.29) is 34.7 Å². The van der Waals surface area contributed by atoms with E-state index in [1.807, 2.05) is 0 Å². The number of aryl methyl sites for hydroxylation is 1. The van der Waals surface area contributed by atoms with E-state index in [1.165, 1.54) is 30.3 Å². The van der Waals surface area contributed by atoms with E-state index < -0.39 is 23.5 Å². The molecule has 0 aromatic heterocycles. The summed E-state index contributed by atoms with van der Waals surface area (Å²) in [6, 6.07) is 7.67. The predicted octanol–water partition coefficient (Wildman–Crippen LogP) is 3.89. The highest BCUT2D eigenvalue weighted by Gasteiger charge is 2.11. The highest BCUT2D eigenvalue weighted by Crippen LogP contribution is 2.20. The SMILES string of the molecule is O=C(CCc1cccc(F)c1F)Nc1cc(Cl)cc(C(=O)O)c1. The lowest BCUT2D eigenvalue weighted by molar-refractivity contribution is -0.116. The summed E-state index contributed by atoms with van der Waals surface area (Å²) in [5.74, 6) is -3.59. The molecule has 0 bridgehead atoms. The molecule has 4 nitrogen and oxygen atoms in total. The molecule has 0 aliphatic heterocycles. The summed E-state index contributed by atoms with van der Waals surface area (Å²) < 4.78 is 26.6. The number of benzene rings is 2. The lowest BCUT2D eigenvalue weighted by atomic mass is 10.1. The smallest absolute Gasteiger partial charge is 0.335 e. The Bertz CT molecular complexity index is 765. The number of halogens is 3. The van der Waals surface area contributed by atoms with Crippen molar-refractivity contribution in [2.24, 2.45) is 0 Å². The quantitative estimate of drug-likeness (QED) is 0.868. The van der Waals surface area contributed by atoms with Gasteiger partial charge in [0, 0.05) is 17.1 Å². The van der Waals surface area contributed by atoms with Crippen molar-refractivity contribution in [2.45, 2.75) is 12.8 Å². The third-order valence-electron chi connectivity index (χ3n) is 3.08. The van der Waals surface area contributed by atoms with Gasteiger partial charge in [-0.15, -0.1) is 0 Å². The molecular weight excluding hydrogens is 328 g/mol. The van der Waals surface area contributed by atoms with Crippen LogP contribution in [-0.4, -0.2) is 17.0 Å². The van der Waals surface area contributed by atoms with Crippen LogP contribution in [-0.2, 0) is 11.2 Å². The maximum atomic E-state index is 13.5. The number of nitrogens with one attached hydrogen (secondary N) is 1. The van der Waals surface area contributed by atoms with Crippen LogP contribution in [0.4, 0.5) is 14.5 Å². The van der Waals surface area contributed by atoms with Crippen LogP contribution in [0.25, 0.3) is 0 Å². The average Bonchev–Trinajstić information content (AvgIpc) is 2.48. The van der Waals surface area contributed by atoms with Crippen molar-refractivity contribution in [3.63, 3.8) is 0 Å². The van der Waals surface area contributed by atoms with Gasteiger partial charge in [-0.1, -0.05) is 23.7 Å². The topological polar surface area (TPSA) is 66.4 Å². The molecule has 0 spiro atoms. The highest BCUT2D eigenvalue weighted by atomic mass is 35.5. The molecule has 0 heterocycles. The fourth-order valence-electron chi connectivity index (χ4n) is 2.00. The van der Waals surface area contributed by atoms with Crippen LogP contribution in [0.15, 0.2) is 36.4 Å². The van der Waals surface area contributed by atoms with Gasteiger partial charge in [-0.05, 0) is 36.2 Å². The number of amides is 1. The zero-order valence-electron chi connectivity index (χ0n) is 11.8. The molecule has 0 unspecified atom stereocenters. The average molecular weight is 340 g/mol. The first-order chi connectivity index (χ1) is 10.9. The maximum Gasteiger partial charge on any atom is 0.335 e. The van der Waals surface area contributed by atoms with Crippen LogP contribution < -0.4 is 5.32 Å². The lowest BCUT2D eigenvalue weighted by Gasteiger charge is -2.08. The number of hydrogen-bond acceptors (Lipinski definition) is 2. The zero-order chi connectivity index (χ0) is 17.0. The monoisotopic (exact) mass is 339 g/mol. The van der Waals surface area contributed by atoms with Crippen molar-refractivity contribution in [3.05, 3.63) is 64.2 Å². The molecule has 0 radical (unpaired) electrons. The normalized spacial score (nSPS) is 10.4. The van der Waals surface area contributed by atoms with Crippen LogP contribution >= 0.6 is 11.6 Å².